The van der Waals surface area contributed by atoms with Crippen LogP contribution in [0.1, 0.15) is 25.0 Å². The van der Waals surface area contributed by atoms with E-state index in [4.69, 9.17) is 4.37 Å². The molecule has 0 radical (unpaired) electrons. The molecule has 0 spiro atoms. The molecule has 2 heterocycles. The summed E-state index contributed by atoms with van der Waals surface area (Å²) in [5.74, 6) is 1.10. The van der Waals surface area contributed by atoms with Gasteiger partial charge in [0.25, 0.3) is 10.0 Å². The van der Waals surface area contributed by atoms with E-state index >= 15 is 0 Å². The van der Waals surface area contributed by atoms with E-state index in [0.29, 0.717) is 4.90 Å². The van der Waals surface area contributed by atoms with Crippen molar-refractivity contribution >= 4 is 43.1 Å². The van der Waals surface area contributed by atoms with Gasteiger partial charge >= 0.3 is 0 Å². The molecule has 1 aliphatic heterocycles. The van der Waals surface area contributed by atoms with Gasteiger partial charge in [-0.2, -0.15) is 4.37 Å². The predicted molar refractivity (Wildman–Crippen MR) is 154 cm³/mol. The molecule has 0 N–H and O–H groups in total. The first kappa shape index (κ1) is 25.7. The van der Waals surface area contributed by atoms with E-state index < -0.39 is 10.0 Å². The Morgan fingerprint density at radius 3 is 2.32 bits per heavy atom. The van der Waals surface area contributed by atoms with Crippen molar-refractivity contribution in [3.05, 3.63) is 83.9 Å². The van der Waals surface area contributed by atoms with Crippen LogP contribution in [0.2, 0.25) is 0 Å². The summed E-state index contributed by atoms with van der Waals surface area (Å²) in [6.45, 7) is 10.5. The molecular formula is C29H34N4O2S2. The lowest BCUT2D eigenvalue weighted by atomic mass is 10.1. The molecule has 3 aromatic carbocycles. The van der Waals surface area contributed by atoms with Gasteiger partial charge in [0.05, 0.1) is 15.3 Å². The first-order valence-corrected chi connectivity index (χ1v) is 15.1. The fourth-order valence-electron chi connectivity index (χ4n) is 5.01. The minimum absolute atomic E-state index is 0.205. The number of benzene rings is 3. The monoisotopic (exact) mass is 534 g/mol. The van der Waals surface area contributed by atoms with Gasteiger partial charge in [-0.3, -0.25) is 9.21 Å². The highest BCUT2D eigenvalue weighted by molar-refractivity contribution is 7.92. The minimum atomic E-state index is -3.68. The molecule has 6 nitrogen and oxygen atoms in total. The van der Waals surface area contributed by atoms with Crippen LogP contribution in [-0.4, -0.2) is 56.5 Å². The highest BCUT2D eigenvalue weighted by atomic mass is 32.2. The van der Waals surface area contributed by atoms with Gasteiger partial charge in [0.2, 0.25) is 0 Å². The Bertz CT molecular complexity index is 1460. The van der Waals surface area contributed by atoms with Gasteiger partial charge in [-0.05, 0) is 74.6 Å². The fraction of sp³-hybridized carbons (Fsp3) is 0.345. The number of nitrogens with zero attached hydrogens (tertiary/aromatic N) is 4. The van der Waals surface area contributed by atoms with Crippen LogP contribution >= 0.6 is 11.5 Å². The quantitative estimate of drug-likeness (QED) is 0.296. The SMILES string of the molecule is Cc1ccc(S(=O)(=O)N(c2ccccc2CCN2CCN(c3nsc4ccccc34)CC2)C(C)C)cc1. The molecule has 0 aliphatic carbocycles. The molecule has 0 saturated carbocycles. The third-order valence-corrected chi connectivity index (χ3v) is 9.82. The number of sulfonamides is 1. The Hall–Kier alpha value is -2.94. The highest BCUT2D eigenvalue weighted by Gasteiger charge is 2.29. The summed E-state index contributed by atoms with van der Waals surface area (Å²) in [5, 5.41) is 1.23. The standard InChI is InChI=1S/C29H34N4O2S2/c1-22(2)33(37(34,35)25-14-12-23(3)13-15-25)27-10-6-4-8-24(27)16-17-31-18-20-32(21-19-31)29-26-9-5-7-11-28(26)36-30-29/h4-15,22H,16-21H2,1-3H3. The highest BCUT2D eigenvalue weighted by Crippen LogP contribution is 2.31. The molecule has 0 unspecified atom stereocenters. The topological polar surface area (TPSA) is 56.8 Å². The maximum absolute atomic E-state index is 13.7. The van der Waals surface area contributed by atoms with Crippen LogP contribution in [0.4, 0.5) is 11.5 Å². The summed E-state index contributed by atoms with van der Waals surface area (Å²) in [6.07, 6.45) is 0.794. The van der Waals surface area contributed by atoms with Crippen LogP contribution in [0.5, 0.6) is 0 Å². The number of hydrogen-bond donors (Lipinski definition) is 0. The van der Waals surface area contributed by atoms with Crippen molar-refractivity contribution in [1.29, 1.82) is 0 Å². The number of anilines is 2. The summed E-state index contributed by atoms with van der Waals surface area (Å²) in [5.41, 5.74) is 2.86. The first-order chi connectivity index (χ1) is 17.8. The van der Waals surface area contributed by atoms with Crippen LogP contribution in [0.25, 0.3) is 10.1 Å². The van der Waals surface area contributed by atoms with Crippen molar-refractivity contribution in [1.82, 2.24) is 9.27 Å². The van der Waals surface area contributed by atoms with Crippen LogP contribution in [0.3, 0.4) is 0 Å². The van der Waals surface area contributed by atoms with Gasteiger partial charge in [-0.25, -0.2) is 8.42 Å². The summed E-state index contributed by atoms with van der Waals surface area (Å²) in [6, 6.07) is 23.3. The number of rotatable bonds is 8. The molecule has 5 rings (SSSR count). The lowest BCUT2D eigenvalue weighted by molar-refractivity contribution is 0.261. The van der Waals surface area contributed by atoms with Crippen LogP contribution < -0.4 is 9.21 Å². The maximum Gasteiger partial charge on any atom is 0.264 e. The molecule has 1 aliphatic rings. The predicted octanol–water partition coefficient (Wildman–Crippen LogP) is 5.57. The van der Waals surface area contributed by atoms with Gasteiger partial charge in [0, 0.05) is 44.2 Å². The first-order valence-electron chi connectivity index (χ1n) is 12.9. The molecule has 0 amide bonds. The summed E-state index contributed by atoms with van der Waals surface area (Å²) in [7, 11) is -3.68. The number of para-hydroxylation sites is 1. The molecule has 0 bridgehead atoms. The van der Waals surface area contributed by atoms with Gasteiger partial charge in [-0.1, -0.05) is 48.0 Å². The lowest BCUT2D eigenvalue weighted by Gasteiger charge is -2.35. The second-order valence-electron chi connectivity index (χ2n) is 9.92. The molecule has 194 valence electrons. The molecule has 1 aromatic heterocycles. The second-order valence-corrected chi connectivity index (χ2v) is 12.5. The third kappa shape index (κ3) is 5.37. The average Bonchev–Trinajstić information content (AvgIpc) is 3.33. The van der Waals surface area contributed by atoms with Crippen LogP contribution in [-0.2, 0) is 16.4 Å². The van der Waals surface area contributed by atoms with E-state index in [1.807, 2.05) is 51.1 Å². The molecule has 1 saturated heterocycles. The molecule has 1 fully saturated rings. The minimum Gasteiger partial charge on any atom is -0.353 e. The van der Waals surface area contributed by atoms with Gasteiger partial charge in [0.15, 0.2) is 0 Å². The molecule has 37 heavy (non-hydrogen) atoms. The van der Waals surface area contributed by atoms with Gasteiger partial charge in [-0.15, -0.1) is 0 Å². The third-order valence-electron chi connectivity index (χ3n) is 7.00. The Morgan fingerprint density at radius 2 is 1.59 bits per heavy atom. The van der Waals surface area contributed by atoms with Crippen molar-refractivity contribution in [2.24, 2.45) is 0 Å². The normalized spacial score (nSPS) is 15.0. The number of aromatic nitrogens is 1. The fourth-order valence-corrected chi connectivity index (χ4v) is 7.50. The Labute approximate surface area is 224 Å². The number of fused-ring (bicyclic) bond motifs is 1. The molecular weight excluding hydrogens is 500 g/mol. The van der Waals surface area contributed by atoms with Crippen LogP contribution in [0, 0.1) is 6.92 Å². The Morgan fingerprint density at radius 1 is 0.919 bits per heavy atom. The Kier molecular flexibility index (Phi) is 7.51. The lowest BCUT2D eigenvalue weighted by Crippen LogP contribution is -2.47. The molecule has 4 aromatic rings. The smallest absolute Gasteiger partial charge is 0.264 e. The zero-order chi connectivity index (χ0) is 26.0. The summed E-state index contributed by atoms with van der Waals surface area (Å²) < 4.78 is 34.9. The maximum atomic E-state index is 13.7. The zero-order valence-corrected chi connectivity index (χ0v) is 23.3. The second kappa shape index (κ2) is 10.8. The van der Waals surface area contributed by atoms with Crippen LogP contribution in [0.15, 0.2) is 77.7 Å². The number of hydrogen-bond acceptors (Lipinski definition) is 6. The van der Waals surface area contributed by atoms with E-state index in [2.05, 4.69) is 40.1 Å². The molecule has 0 atom stereocenters. The van der Waals surface area contributed by atoms with Crippen molar-refractivity contribution in [2.45, 2.75) is 38.1 Å². The number of piperazine rings is 1. The zero-order valence-electron chi connectivity index (χ0n) is 21.7. The summed E-state index contributed by atoms with van der Waals surface area (Å²) in [4.78, 5) is 5.18. The van der Waals surface area contributed by atoms with E-state index in [-0.39, 0.29) is 6.04 Å². The van der Waals surface area contributed by atoms with Gasteiger partial charge in [0.1, 0.15) is 5.82 Å². The number of aryl methyl sites for hydroxylation is 1. The van der Waals surface area contributed by atoms with Crippen molar-refractivity contribution in [3.8, 4) is 0 Å². The van der Waals surface area contributed by atoms with Crippen molar-refractivity contribution in [3.63, 3.8) is 0 Å². The van der Waals surface area contributed by atoms with Crippen molar-refractivity contribution < 1.29 is 8.42 Å². The van der Waals surface area contributed by atoms with E-state index in [9.17, 15) is 8.42 Å². The van der Waals surface area contributed by atoms with E-state index in [1.165, 1.54) is 10.1 Å². The van der Waals surface area contributed by atoms with E-state index in [0.717, 1.165) is 61.8 Å². The van der Waals surface area contributed by atoms with Crippen molar-refractivity contribution in [2.75, 3.05) is 41.9 Å². The summed E-state index contributed by atoms with van der Waals surface area (Å²) >= 11 is 1.56. The van der Waals surface area contributed by atoms with Gasteiger partial charge < -0.3 is 4.90 Å². The molecule has 8 heteroatoms. The Balaban J connectivity index is 1.29. The van der Waals surface area contributed by atoms with E-state index in [1.54, 1.807) is 28.0 Å². The average molecular weight is 535 g/mol. The largest absolute Gasteiger partial charge is 0.353 e.